The summed E-state index contributed by atoms with van der Waals surface area (Å²) in [5.41, 5.74) is 0. The molecule has 0 unspecified atom stereocenters. The maximum Gasteiger partial charge on any atom is 0.0820 e. The van der Waals surface area contributed by atoms with E-state index in [2.05, 4.69) is 67.4 Å². The fraction of sp³-hybridized carbons (Fsp3) is 0.818. The molecule has 0 spiro atoms. The van der Waals surface area contributed by atoms with Gasteiger partial charge in [0.25, 0.3) is 0 Å². The van der Waals surface area contributed by atoms with Crippen LogP contribution in [0.25, 0.3) is 0 Å². The number of allylic oxidation sites excluding steroid dienone is 8. The molecule has 0 aromatic carbocycles. The van der Waals surface area contributed by atoms with E-state index in [-0.39, 0.29) is 6.10 Å². The van der Waals surface area contributed by atoms with Crippen molar-refractivity contribution in [3.8, 4) is 0 Å². The molecule has 1 rings (SSSR count). The molecule has 0 aromatic rings. The molecule has 1 saturated heterocycles. The third-order valence-electron chi connectivity index (χ3n) is 9.46. The molecule has 0 N–H and O–H groups in total. The van der Waals surface area contributed by atoms with Crippen LogP contribution in [0.2, 0.25) is 0 Å². The minimum Gasteiger partial charge on any atom is -0.379 e. The van der Waals surface area contributed by atoms with Crippen molar-refractivity contribution < 1.29 is 9.47 Å². The first-order valence-corrected chi connectivity index (χ1v) is 20.9. The van der Waals surface area contributed by atoms with Crippen molar-refractivity contribution in [2.75, 3.05) is 39.5 Å². The summed E-state index contributed by atoms with van der Waals surface area (Å²) in [4.78, 5) is 2.61. The van der Waals surface area contributed by atoms with E-state index < -0.39 is 0 Å². The lowest BCUT2D eigenvalue weighted by Crippen LogP contribution is -2.28. The molecule has 0 aliphatic carbocycles. The molecule has 1 fully saturated rings. The summed E-state index contributed by atoms with van der Waals surface area (Å²) in [7, 11) is 0. The molecule has 1 heterocycles. The third-order valence-corrected chi connectivity index (χ3v) is 9.46. The smallest absolute Gasteiger partial charge is 0.0820 e. The predicted octanol–water partition coefficient (Wildman–Crippen LogP) is 13.5. The van der Waals surface area contributed by atoms with E-state index in [1.54, 1.807) is 0 Å². The van der Waals surface area contributed by atoms with Crippen LogP contribution in [0.3, 0.4) is 0 Å². The van der Waals surface area contributed by atoms with Crippen molar-refractivity contribution in [3.63, 3.8) is 0 Å². The number of ether oxygens (including phenoxy) is 2. The van der Waals surface area contributed by atoms with Crippen LogP contribution in [-0.4, -0.2) is 50.5 Å². The Morgan fingerprint density at radius 2 is 0.915 bits per heavy atom. The van der Waals surface area contributed by atoms with E-state index in [9.17, 15) is 0 Å². The van der Waals surface area contributed by atoms with Gasteiger partial charge < -0.3 is 14.4 Å². The van der Waals surface area contributed by atoms with E-state index in [0.29, 0.717) is 0 Å². The van der Waals surface area contributed by atoms with Crippen LogP contribution in [0.1, 0.15) is 187 Å². The van der Waals surface area contributed by atoms with Crippen LogP contribution in [-0.2, 0) is 9.47 Å². The Labute approximate surface area is 295 Å². The highest BCUT2D eigenvalue weighted by Gasteiger charge is 2.15. The van der Waals surface area contributed by atoms with E-state index in [1.807, 2.05) is 0 Å². The summed E-state index contributed by atoms with van der Waals surface area (Å²) in [6, 6.07) is 0. The Morgan fingerprint density at radius 1 is 0.489 bits per heavy atom. The summed E-state index contributed by atoms with van der Waals surface area (Å²) >= 11 is 0. The number of unbranched alkanes of at least 4 members (excludes halogenated alkanes) is 18. The summed E-state index contributed by atoms with van der Waals surface area (Å²) in [6.45, 7) is 10.8. The van der Waals surface area contributed by atoms with Crippen LogP contribution in [0.4, 0.5) is 0 Å². The molecular weight excluding hydrogens is 574 g/mol. The number of likely N-dealkylation sites (tertiary alicyclic amines) is 1. The van der Waals surface area contributed by atoms with Gasteiger partial charge in [-0.1, -0.05) is 140 Å². The fourth-order valence-electron chi connectivity index (χ4n) is 6.29. The average molecular weight is 656 g/mol. The molecule has 0 aromatic heterocycles. The van der Waals surface area contributed by atoms with Crippen molar-refractivity contribution in [1.82, 2.24) is 4.90 Å². The number of rotatable bonds is 36. The normalized spacial score (nSPS) is 15.1. The monoisotopic (exact) mass is 656 g/mol. The van der Waals surface area contributed by atoms with Gasteiger partial charge in [0.05, 0.1) is 12.7 Å². The van der Waals surface area contributed by atoms with Crippen molar-refractivity contribution in [1.29, 1.82) is 0 Å². The summed E-state index contributed by atoms with van der Waals surface area (Å²) in [5, 5.41) is 0. The number of hydrogen-bond acceptors (Lipinski definition) is 3. The predicted molar refractivity (Wildman–Crippen MR) is 210 cm³/mol. The van der Waals surface area contributed by atoms with Gasteiger partial charge in [-0.2, -0.15) is 0 Å². The van der Waals surface area contributed by atoms with Gasteiger partial charge in [0.1, 0.15) is 0 Å². The quantitative estimate of drug-likeness (QED) is 0.0495. The van der Waals surface area contributed by atoms with Crippen molar-refractivity contribution in [2.24, 2.45) is 0 Å². The molecule has 0 saturated carbocycles. The Hall–Kier alpha value is -1.16. The first-order chi connectivity index (χ1) is 23.4. The Bertz CT molecular complexity index is 720. The lowest BCUT2D eigenvalue weighted by molar-refractivity contribution is -0.0255. The largest absolute Gasteiger partial charge is 0.379 e. The minimum absolute atomic E-state index is 0.262. The maximum atomic E-state index is 6.38. The third kappa shape index (κ3) is 33.1. The lowest BCUT2D eigenvalue weighted by atomic mass is 10.1. The summed E-state index contributed by atoms with van der Waals surface area (Å²) < 4.78 is 12.5. The Morgan fingerprint density at radius 3 is 1.40 bits per heavy atom. The highest BCUT2D eigenvalue weighted by Crippen LogP contribution is 2.13. The lowest BCUT2D eigenvalue weighted by Gasteiger charge is -2.22. The van der Waals surface area contributed by atoms with Crippen LogP contribution in [0.5, 0.6) is 0 Å². The standard InChI is InChI=1S/C44H81NO2/c1-3-5-7-9-11-13-15-17-19-21-23-25-27-29-31-35-41-46-43-44(37-40-45-38-33-34-39-45)47-42-36-32-30-28-26-24-22-20-18-16-14-12-10-8-6-4-2/h11-14,17-20,44H,3-10,15-16,21-43H2,1-2H3/b13-11-,14-12-,19-17-,20-18-/t44-/m1/s1. The molecule has 47 heavy (non-hydrogen) atoms. The number of hydrogen-bond donors (Lipinski definition) is 0. The van der Waals surface area contributed by atoms with Crippen LogP contribution in [0, 0.1) is 0 Å². The van der Waals surface area contributed by atoms with E-state index in [1.165, 1.54) is 174 Å². The van der Waals surface area contributed by atoms with Crippen LogP contribution >= 0.6 is 0 Å². The van der Waals surface area contributed by atoms with Crippen LogP contribution < -0.4 is 0 Å². The molecule has 0 bridgehead atoms. The molecule has 1 aliphatic heterocycles. The summed E-state index contributed by atoms with van der Waals surface area (Å²) in [5.74, 6) is 0. The van der Waals surface area contributed by atoms with Gasteiger partial charge in [0.2, 0.25) is 0 Å². The van der Waals surface area contributed by atoms with Gasteiger partial charge in [-0.15, -0.1) is 0 Å². The first kappa shape index (κ1) is 43.9. The first-order valence-electron chi connectivity index (χ1n) is 20.9. The zero-order valence-corrected chi connectivity index (χ0v) is 31.8. The highest BCUT2D eigenvalue weighted by molar-refractivity contribution is 4.93. The van der Waals surface area contributed by atoms with Crippen molar-refractivity contribution >= 4 is 0 Å². The molecule has 274 valence electrons. The van der Waals surface area contributed by atoms with Gasteiger partial charge in [-0.05, 0) is 109 Å². The Kier molecular flexibility index (Phi) is 35.1. The van der Waals surface area contributed by atoms with E-state index in [0.717, 1.165) is 39.1 Å². The second kappa shape index (κ2) is 37.7. The van der Waals surface area contributed by atoms with Crippen LogP contribution in [0.15, 0.2) is 48.6 Å². The molecule has 1 atom stereocenters. The average Bonchev–Trinajstić information content (AvgIpc) is 3.61. The minimum atomic E-state index is 0.262. The zero-order chi connectivity index (χ0) is 33.6. The molecule has 3 nitrogen and oxygen atoms in total. The molecule has 1 aliphatic rings. The number of nitrogens with zero attached hydrogens (tertiary/aromatic N) is 1. The van der Waals surface area contributed by atoms with E-state index >= 15 is 0 Å². The van der Waals surface area contributed by atoms with Gasteiger partial charge in [-0.25, -0.2) is 0 Å². The molecule has 0 radical (unpaired) electrons. The van der Waals surface area contributed by atoms with Crippen molar-refractivity contribution in [2.45, 2.75) is 193 Å². The van der Waals surface area contributed by atoms with Crippen molar-refractivity contribution in [3.05, 3.63) is 48.6 Å². The molecule has 0 amide bonds. The zero-order valence-electron chi connectivity index (χ0n) is 31.8. The van der Waals surface area contributed by atoms with Gasteiger partial charge >= 0.3 is 0 Å². The summed E-state index contributed by atoms with van der Waals surface area (Å²) in [6.07, 6.45) is 53.9. The Balaban J connectivity index is 1.99. The second-order valence-electron chi connectivity index (χ2n) is 14.1. The SMILES string of the molecule is CCCCC/C=C\C/C=C\CCCCCCCCOC[C@@H](CCN1CCCC1)OCCCCCCCC/C=C\C/C=C\CCCCC. The van der Waals surface area contributed by atoms with E-state index in [4.69, 9.17) is 9.47 Å². The highest BCUT2D eigenvalue weighted by atomic mass is 16.5. The topological polar surface area (TPSA) is 21.7 Å². The van der Waals surface area contributed by atoms with Gasteiger partial charge in [-0.3, -0.25) is 0 Å². The molecular formula is C44H81NO2. The van der Waals surface area contributed by atoms with Gasteiger partial charge in [0.15, 0.2) is 0 Å². The molecule has 3 heteroatoms. The maximum absolute atomic E-state index is 6.38. The van der Waals surface area contributed by atoms with Gasteiger partial charge in [0, 0.05) is 19.8 Å². The fourth-order valence-corrected chi connectivity index (χ4v) is 6.29. The second-order valence-corrected chi connectivity index (χ2v) is 14.1.